The second-order valence-electron chi connectivity index (χ2n) is 6.90. The Labute approximate surface area is 177 Å². The lowest BCUT2D eigenvalue weighted by Crippen LogP contribution is -2.27. The predicted molar refractivity (Wildman–Crippen MR) is 118 cm³/mol. The first-order chi connectivity index (χ1) is 14.3. The van der Waals surface area contributed by atoms with Crippen LogP contribution in [0.25, 0.3) is 0 Å². The second kappa shape index (κ2) is 8.96. The van der Waals surface area contributed by atoms with Crippen molar-refractivity contribution in [3.05, 3.63) is 84.1 Å². The van der Waals surface area contributed by atoms with E-state index in [9.17, 15) is 13.2 Å². The van der Waals surface area contributed by atoms with Crippen LogP contribution in [0.3, 0.4) is 0 Å². The topological polar surface area (TPSA) is 82.6 Å². The van der Waals surface area contributed by atoms with Crippen molar-refractivity contribution in [2.24, 2.45) is 0 Å². The summed E-state index contributed by atoms with van der Waals surface area (Å²) in [6, 6.07) is 18.5. The van der Waals surface area contributed by atoms with Gasteiger partial charge >= 0.3 is 0 Å². The molecule has 0 atom stereocenters. The number of nitrogens with zero attached hydrogens (tertiary/aromatic N) is 3. The third kappa shape index (κ3) is 4.60. The average molecular weight is 425 g/mol. The number of benzene rings is 2. The molecule has 3 rings (SSSR count). The smallest absolute Gasteiger partial charge is 0.264 e. The molecule has 0 aliphatic carbocycles. The van der Waals surface area contributed by atoms with E-state index in [1.165, 1.54) is 23.5 Å². The Morgan fingerprint density at radius 3 is 2.40 bits per heavy atom. The molecule has 0 aliphatic rings. The van der Waals surface area contributed by atoms with Crippen molar-refractivity contribution >= 4 is 27.4 Å². The minimum Gasteiger partial charge on any atom is -0.362 e. The monoisotopic (exact) mass is 424 g/mol. The van der Waals surface area contributed by atoms with E-state index in [0.717, 1.165) is 11.4 Å². The van der Waals surface area contributed by atoms with E-state index < -0.39 is 10.0 Å². The van der Waals surface area contributed by atoms with Crippen LogP contribution in [-0.4, -0.2) is 40.5 Å². The van der Waals surface area contributed by atoms with Crippen molar-refractivity contribution in [3.63, 3.8) is 0 Å². The molecule has 0 unspecified atom stereocenters. The average Bonchev–Trinajstić information content (AvgIpc) is 2.77. The van der Waals surface area contributed by atoms with Crippen molar-refractivity contribution in [1.29, 1.82) is 0 Å². The molecule has 3 aromatic rings. The SMILES string of the molecule is CN(C)c1ncccc1CNC(=O)c1cccc(S(=O)(=O)N(C)c2ccccc2)c1. The summed E-state index contributed by atoms with van der Waals surface area (Å²) in [5.41, 5.74) is 1.68. The van der Waals surface area contributed by atoms with E-state index in [1.54, 1.807) is 48.7 Å². The zero-order chi connectivity index (χ0) is 21.7. The molecule has 30 heavy (non-hydrogen) atoms. The molecule has 0 fully saturated rings. The number of hydrogen-bond donors (Lipinski definition) is 1. The minimum atomic E-state index is -3.80. The molecule has 1 N–H and O–H groups in total. The van der Waals surface area contributed by atoms with Gasteiger partial charge in [-0.25, -0.2) is 13.4 Å². The molecule has 2 aromatic carbocycles. The summed E-state index contributed by atoms with van der Waals surface area (Å²) in [5, 5.41) is 2.84. The normalized spacial score (nSPS) is 11.0. The zero-order valence-electron chi connectivity index (χ0n) is 17.1. The molecule has 7 nitrogen and oxygen atoms in total. The summed E-state index contributed by atoms with van der Waals surface area (Å²) >= 11 is 0. The first kappa shape index (κ1) is 21.3. The van der Waals surface area contributed by atoms with E-state index in [2.05, 4.69) is 10.3 Å². The fraction of sp³-hybridized carbons (Fsp3) is 0.182. The third-order valence-corrected chi connectivity index (χ3v) is 6.39. The Kier molecular flexibility index (Phi) is 6.37. The van der Waals surface area contributed by atoms with Gasteiger partial charge in [0, 0.05) is 45.0 Å². The van der Waals surface area contributed by atoms with E-state index in [1.807, 2.05) is 31.1 Å². The number of pyridine rings is 1. The number of para-hydroxylation sites is 1. The van der Waals surface area contributed by atoms with Crippen LogP contribution in [0.2, 0.25) is 0 Å². The summed E-state index contributed by atoms with van der Waals surface area (Å²) in [7, 11) is 1.45. The molecule has 1 amide bonds. The van der Waals surface area contributed by atoms with Gasteiger partial charge in [-0.05, 0) is 36.4 Å². The van der Waals surface area contributed by atoms with Crippen molar-refractivity contribution in [2.75, 3.05) is 30.3 Å². The molecular weight excluding hydrogens is 400 g/mol. The molecule has 1 aromatic heterocycles. The summed E-state index contributed by atoms with van der Waals surface area (Å²) < 4.78 is 27.2. The summed E-state index contributed by atoms with van der Waals surface area (Å²) in [6.45, 7) is 0.279. The van der Waals surface area contributed by atoms with Gasteiger partial charge < -0.3 is 10.2 Å². The summed E-state index contributed by atoms with van der Waals surface area (Å²) in [6.07, 6.45) is 1.69. The first-order valence-electron chi connectivity index (χ1n) is 9.34. The van der Waals surface area contributed by atoms with E-state index in [4.69, 9.17) is 0 Å². The van der Waals surface area contributed by atoms with Crippen LogP contribution >= 0.6 is 0 Å². The fourth-order valence-corrected chi connectivity index (χ4v) is 4.22. The number of carbonyl (C=O) groups is 1. The minimum absolute atomic E-state index is 0.0526. The highest BCUT2D eigenvalue weighted by Crippen LogP contribution is 2.22. The van der Waals surface area contributed by atoms with Gasteiger partial charge in [-0.3, -0.25) is 9.10 Å². The van der Waals surface area contributed by atoms with Crippen molar-refractivity contribution in [2.45, 2.75) is 11.4 Å². The molecule has 8 heteroatoms. The number of carbonyl (C=O) groups excluding carboxylic acids is 1. The van der Waals surface area contributed by atoms with Crippen LogP contribution in [0.15, 0.2) is 77.8 Å². The van der Waals surface area contributed by atoms with Gasteiger partial charge in [0.1, 0.15) is 5.82 Å². The number of anilines is 2. The molecular formula is C22H24N4O3S. The number of sulfonamides is 1. The van der Waals surface area contributed by atoms with Crippen LogP contribution in [0.5, 0.6) is 0 Å². The van der Waals surface area contributed by atoms with Crippen LogP contribution in [0, 0.1) is 0 Å². The van der Waals surface area contributed by atoms with Crippen LogP contribution < -0.4 is 14.5 Å². The zero-order valence-corrected chi connectivity index (χ0v) is 17.9. The van der Waals surface area contributed by atoms with Gasteiger partial charge in [0.2, 0.25) is 0 Å². The number of amides is 1. The lowest BCUT2D eigenvalue weighted by Gasteiger charge is -2.20. The van der Waals surface area contributed by atoms with Crippen molar-refractivity contribution in [3.8, 4) is 0 Å². The molecule has 0 saturated heterocycles. The first-order valence-corrected chi connectivity index (χ1v) is 10.8. The molecule has 0 spiro atoms. The third-order valence-electron chi connectivity index (χ3n) is 4.60. The Morgan fingerprint density at radius 2 is 1.70 bits per heavy atom. The van der Waals surface area contributed by atoms with Gasteiger partial charge in [-0.15, -0.1) is 0 Å². The van der Waals surface area contributed by atoms with E-state index in [0.29, 0.717) is 5.69 Å². The van der Waals surface area contributed by atoms with Crippen molar-refractivity contribution < 1.29 is 13.2 Å². The molecule has 0 saturated carbocycles. The molecule has 0 radical (unpaired) electrons. The molecule has 0 bridgehead atoms. The Bertz CT molecular complexity index is 1130. The van der Waals surface area contributed by atoms with Crippen LogP contribution in [0.1, 0.15) is 15.9 Å². The predicted octanol–water partition coefficient (Wildman–Crippen LogP) is 2.90. The van der Waals surface area contributed by atoms with Gasteiger partial charge in [0.15, 0.2) is 0 Å². The Morgan fingerprint density at radius 1 is 0.967 bits per heavy atom. The quantitative estimate of drug-likeness (QED) is 0.631. The fourth-order valence-electron chi connectivity index (χ4n) is 2.98. The Hall–Kier alpha value is -3.39. The van der Waals surface area contributed by atoms with Gasteiger partial charge in [0.25, 0.3) is 15.9 Å². The van der Waals surface area contributed by atoms with Crippen LogP contribution in [-0.2, 0) is 16.6 Å². The van der Waals surface area contributed by atoms with Gasteiger partial charge in [0.05, 0.1) is 10.6 Å². The summed E-state index contributed by atoms with van der Waals surface area (Å²) in [5.74, 6) is 0.404. The highest BCUT2D eigenvalue weighted by Gasteiger charge is 2.22. The lowest BCUT2D eigenvalue weighted by atomic mass is 10.2. The maximum atomic E-state index is 13.0. The number of hydrogen-bond acceptors (Lipinski definition) is 5. The van der Waals surface area contributed by atoms with Gasteiger partial charge in [-0.1, -0.05) is 30.3 Å². The largest absolute Gasteiger partial charge is 0.362 e. The number of rotatable bonds is 7. The molecule has 156 valence electrons. The maximum absolute atomic E-state index is 13.0. The van der Waals surface area contributed by atoms with E-state index in [-0.39, 0.29) is 22.9 Å². The second-order valence-corrected chi connectivity index (χ2v) is 8.87. The highest BCUT2D eigenvalue weighted by atomic mass is 32.2. The van der Waals surface area contributed by atoms with Crippen LogP contribution in [0.4, 0.5) is 11.5 Å². The highest BCUT2D eigenvalue weighted by molar-refractivity contribution is 7.92. The van der Waals surface area contributed by atoms with E-state index >= 15 is 0 Å². The lowest BCUT2D eigenvalue weighted by molar-refractivity contribution is 0.0950. The summed E-state index contributed by atoms with van der Waals surface area (Å²) in [4.78, 5) is 18.9. The molecule has 1 heterocycles. The standard InChI is InChI=1S/C22H24N4O3S/c1-25(2)21-18(10-8-14-23-21)16-24-22(27)17-9-7-13-20(15-17)30(28,29)26(3)19-11-5-4-6-12-19/h4-15H,16H2,1-3H3,(H,24,27). The number of nitrogens with one attached hydrogen (secondary N) is 1. The maximum Gasteiger partial charge on any atom is 0.264 e. The van der Waals surface area contributed by atoms with Crippen molar-refractivity contribution in [1.82, 2.24) is 10.3 Å². The van der Waals surface area contributed by atoms with Gasteiger partial charge in [-0.2, -0.15) is 0 Å². The number of aromatic nitrogens is 1. The Balaban J connectivity index is 1.79. The molecule has 0 aliphatic heterocycles.